The highest BCUT2D eigenvalue weighted by molar-refractivity contribution is 5.93. The van der Waals surface area contributed by atoms with Gasteiger partial charge >= 0.3 is 0 Å². The zero-order chi connectivity index (χ0) is 15.4. The number of nitrogens with zero attached hydrogens (tertiary/aromatic N) is 1. The molecule has 1 amide bonds. The third-order valence-electron chi connectivity index (χ3n) is 3.44. The molecule has 0 unspecified atom stereocenters. The fourth-order valence-corrected chi connectivity index (χ4v) is 2.12. The quantitative estimate of drug-likeness (QED) is 0.938. The molecule has 0 saturated heterocycles. The molecular weight excluding hydrogens is 264 g/mol. The molecule has 0 aliphatic rings. The molecule has 110 valence electrons. The Labute approximate surface area is 124 Å². The van der Waals surface area contributed by atoms with Gasteiger partial charge in [0, 0.05) is 25.9 Å². The standard InChI is InChI=1S/C17H20N2O2/c1-12(2)14-6-4-13(5-7-14)11-19(3)17(21)15-8-9-16(20)18-10-15/h4-10,12H,11H2,1-3H3,(H,18,20). The van der Waals surface area contributed by atoms with E-state index in [1.807, 2.05) is 12.1 Å². The molecule has 1 heterocycles. The largest absolute Gasteiger partial charge is 0.337 e. The van der Waals surface area contributed by atoms with E-state index in [4.69, 9.17) is 0 Å². The predicted octanol–water partition coefficient (Wildman–Crippen LogP) is 2.77. The molecule has 21 heavy (non-hydrogen) atoms. The molecule has 0 saturated carbocycles. The molecule has 4 heteroatoms. The van der Waals surface area contributed by atoms with Crippen LogP contribution in [0.3, 0.4) is 0 Å². The van der Waals surface area contributed by atoms with E-state index in [2.05, 4.69) is 31.0 Å². The lowest BCUT2D eigenvalue weighted by atomic mass is 10.0. The summed E-state index contributed by atoms with van der Waals surface area (Å²) in [6.07, 6.45) is 1.45. The minimum Gasteiger partial charge on any atom is -0.337 e. The third kappa shape index (κ3) is 3.81. The average molecular weight is 284 g/mol. The molecule has 1 aromatic heterocycles. The summed E-state index contributed by atoms with van der Waals surface area (Å²) in [5.74, 6) is 0.388. The van der Waals surface area contributed by atoms with Crippen molar-refractivity contribution < 1.29 is 4.79 Å². The lowest BCUT2D eigenvalue weighted by Crippen LogP contribution is -2.26. The van der Waals surface area contributed by atoms with Gasteiger partial charge < -0.3 is 9.88 Å². The second kappa shape index (κ2) is 6.39. The number of aromatic amines is 1. The lowest BCUT2D eigenvalue weighted by molar-refractivity contribution is 0.0784. The summed E-state index contributed by atoms with van der Waals surface area (Å²) in [5, 5.41) is 0. The fraction of sp³-hybridized carbons (Fsp3) is 0.294. The van der Waals surface area contributed by atoms with Gasteiger partial charge in [-0.15, -0.1) is 0 Å². The Morgan fingerprint density at radius 3 is 2.33 bits per heavy atom. The van der Waals surface area contributed by atoms with Crippen LogP contribution in [0.4, 0.5) is 0 Å². The Kier molecular flexibility index (Phi) is 4.58. The zero-order valence-electron chi connectivity index (χ0n) is 12.6. The fourth-order valence-electron chi connectivity index (χ4n) is 2.12. The second-order valence-corrected chi connectivity index (χ2v) is 5.50. The number of carbonyl (C=O) groups is 1. The summed E-state index contributed by atoms with van der Waals surface area (Å²) in [4.78, 5) is 27.4. The Bertz CT molecular complexity index is 651. The Balaban J connectivity index is 2.06. The van der Waals surface area contributed by atoms with Crippen LogP contribution >= 0.6 is 0 Å². The Morgan fingerprint density at radius 2 is 1.81 bits per heavy atom. The van der Waals surface area contributed by atoms with Gasteiger partial charge in [0.05, 0.1) is 5.56 Å². The number of nitrogens with one attached hydrogen (secondary N) is 1. The van der Waals surface area contributed by atoms with Gasteiger partial charge in [0.15, 0.2) is 0 Å². The van der Waals surface area contributed by atoms with E-state index in [1.165, 1.54) is 17.8 Å². The maximum atomic E-state index is 12.2. The van der Waals surface area contributed by atoms with Crippen molar-refractivity contribution in [2.75, 3.05) is 7.05 Å². The van der Waals surface area contributed by atoms with Gasteiger partial charge in [-0.1, -0.05) is 38.1 Å². The maximum absolute atomic E-state index is 12.2. The normalized spacial score (nSPS) is 10.7. The van der Waals surface area contributed by atoms with Crippen LogP contribution < -0.4 is 5.56 Å². The maximum Gasteiger partial charge on any atom is 0.255 e. The highest BCUT2D eigenvalue weighted by Gasteiger charge is 2.12. The molecule has 2 rings (SSSR count). The number of carbonyl (C=O) groups excluding carboxylic acids is 1. The van der Waals surface area contributed by atoms with Crippen LogP contribution in [0.5, 0.6) is 0 Å². The van der Waals surface area contributed by atoms with Gasteiger partial charge in [0.25, 0.3) is 5.91 Å². The first-order valence-corrected chi connectivity index (χ1v) is 7.00. The van der Waals surface area contributed by atoms with E-state index in [0.717, 1.165) is 5.56 Å². The molecule has 1 aromatic carbocycles. The number of hydrogen-bond acceptors (Lipinski definition) is 2. The van der Waals surface area contributed by atoms with E-state index in [-0.39, 0.29) is 11.5 Å². The lowest BCUT2D eigenvalue weighted by Gasteiger charge is -2.17. The number of amides is 1. The highest BCUT2D eigenvalue weighted by atomic mass is 16.2. The molecule has 0 radical (unpaired) electrons. The van der Waals surface area contributed by atoms with Crippen LogP contribution in [0.15, 0.2) is 47.4 Å². The van der Waals surface area contributed by atoms with Crippen molar-refractivity contribution in [2.24, 2.45) is 0 Å². The SMILES string of the molecule is CC(C)c1ccc(CN(C)C(=O)c2ccc(=O)[nH]c2)cc1. The van der Waals surface area contributed by atoms with Crippen LogP contribution in [0.2, 0.25) is 0 Å². The van der Waals surface area contributed by atoms with E-state index < -0.39 is 0 Å². The topological polar surface area (TPSA) is 53.2 Å². The molecule has 0 fully saturated rings. The molecule has 4 nitrogen and oxygen atoms in total. The van der Waals surface area contributed by atoms with Gasteiger partial charge in [0.2, 0.25) is 5.56 Å². The highest BCUT2D eigenvalue weighted by Crippen LogP contribution is 2.15. The molecule has 1 N–H and O–H groups in total. The minimum atomic E-state index is -0.210. The van der Waals surface area contributed by atoms with Gasteiger partial charge in [-0.3, -0.25) is 9.59 Å². The van der Waals surface area contributed by atoms with Crippen molar-refractivity contribution in [2.45, 2.75) is 26.3 Å². The molecular formula is C17H20N2O2. The number of aromatic nitrogens is 1. The summed E-state index contributed by atoms with van der Waals surface area (Å²) in [6.45, 7) is 4.85. The van der Waals surface area contributed by atoms with Crippen LogP contribution in [-0.4, -0.2) is 22.8 Å². The van der Waals surface area contributed by atoms with Gasteiger partial charge in [-0.05, 0) is 23.1 Å². The molecule has 0 aliphatic heterocycles. The third-order valence-corrected chi connectivity index (χ3v) is 3.44. The van der Waals surface area contributed by atoms with Gasteiger partial charge in [-0.2, -0.15) is 0 Å². The Morgan fingerprint density at radius 1 is 1.14 bits per heavy atom. The molecule has 0 bridgehead atoms. The van der Waals surface area contributed by atoms with Gasteiger partial charge in [0.1, 0.15) is 0 Å². The molecule has 0 aliphatic carbocycles. The van der Waals surface area contributed by atoms with Crippen LogP contribution in [0.1, 0.15) is 41.3 Å². The number of H-pyrrole nitrogens is 1. The van der Waals surface area contributed by atoms with Crippen molar-refractivity contribution >= 4 is 5.91 Å². The number of benzene rings is 1. The smallest absolute Gasteiger partial charge is 0.255 e. The minimum absolute atomic E-state index is 0.112. The first-order chi connectivity index (χ1) is 9.97. The zero-order valence-corrected chi connectivity index (χ0v) is 12.6. The number of rotatable bonds is 4. The van der Waals surface area contributed by atoms with E-state index in [1.54, 1.807) is 18.0 Å². The monoisotopic (exact) mass is 284 g/mol. The first-order valence-electron chi connectivity index (χ1n) is 7.00. The summed E-state index contributed by atoms with van der Waals surface area (Å²) in [5.41, 5.74) is 2.64. The van der Waals surface area contributed by atoms with Crippen molar-refractivity contribution in [3.8, 4) is 0 Å². The summed E-state index contributed by atoms with van der Waals surface area (Å²) in [7, 11) is 1.75. The predicted molar refractivity (Wildman–Crippen MR) is 83.4 cm³/mol. The second-order valence-electron chi connectivity index (χ2n) is 5.50. The Hall–Kier alpha value is -2.36. The van der Waals surface area contributed by atoms with Crippen LogP contribution in [-0.2, 0) is 6.54 Å². The molecule has 0 spiro atoms. The first kappa shape index (κ1) is 15.0. The number of pyridine rings is 1. The van der Waals surface area contributed by atoms with Crippen molar-refractivity contribution in [3.63, 3.8) is 0 Å². The van der Waals surface area contributed by atoms with Crippen molar-refractivity contribution in [1.82, 2.24) is 9.88 Å². The van der Waals surface area contributed by atoms with Gasteiger partial charge in [-0.25, -0.2) is 0 Å². The van der Waals surface area contributed by atoms with Crippen LogP contribution in [0.25, 0.3) is 0 Å². The summed E-state index contributed by atoms with van der Waals surface area (Å²) < 4.78 is 0. The van der Waals surface area contributed by atoms with Crippen molar-refractivity contribution in [1.29, 1.82) is 0 Å². The molecule has 0 atom stereocenters. The molecule has 2 aromatic rings. The van der Waals surface area contributed by atoms with Crippen LogP contribution in [0, 0.1) is 0 Å². The summed E-state index contributed by atoms with van der Waals surface area (Å²) >= 11 is 0. The van der Waals surface area contributed by atoms with Crippen molar-refractivity contribution in [3.05, 3.63) is 69.6 Å². The van der Waals surface area contributed by atoms with E-state index in [9.17, 15) is 9.59 Å². The van der Waals surface area contributed by atoms with E-state index >= 15 is 0 Å². The average Bonchev–Trinajstić information content (AvgIpc) is 2.47. The number of hydrogen-bond donors (Lipinski definition) is 1. The van der Waals surface area contributed by atoms with E-state index in [0.29, 0.717) is 18.0 Å². The summed E-state index contributed by atoms with van der Waals surface area (Å²) in [6, 6.07) is 11.2.